The molecular weight excluding hydrogens is 309 g/mol. The van der Waals surface area contributed by atoms with Crippen molar-refractivity contribution < 1.29 is 28.1 Å². The summed E-state index contributed by atoms with van der Waals surface area (Å²) in [6.07, 6.45) is -6.33. The number of hydrogen-bond donors (Lipinski definition) is 3. The van der Waals surface area contributed by atoms with Crippen LogP contribution in [0.5, 0.6) is 0 Å². The summed E-state index contributed by atoms with van der Waals surface area (Å²) in [6.45, 7) is -0.440. The van der Waals surface area contributed by atoms with Crippen LogP contribution in [0.1, 0.15) is 18.5 Å². The maximum atomic E-state index is 12.6. The molecular formula is C11H11F3N4O4. The number of imidazole rings is 1. The van der Waals surface area contributed by atoms with E-state index in [0.717, 1.165) is 10.8 Å². The van der Waals surface area contributed by atoms with E-state index >= 15 is 0 Å². The first-order valence-electron chi connectivity index (χ1n) is 6.30. The molecule has 2 aromatic heterocycles. The highest BCUT2D eigenvalue weighted by Crippen LogP contribution is 2.29. The number of fused-ring (bicyclic) bond motifs is 1. The molecule has 120 valence electrons. The summed E-state index contributed by atoms with van der Waals surface area (Å²) < 4.78 is 44.0. The van der Waals surface area contributed by atoms with Crippen LogP contribution in [-0.2, 0) is 10.9 Å². The molecule has 3 atom stereocenters. The Morgan fingerprint density at radius 2 is 2.18 bits per heavy atom. The van der Waals surface area contributed by atoms with Gasteiger partial charge in [0.1, 0.15) is 17.8 Å². The lowest BCUT2D eigenvalue weighted by atomic mass is 10.2. The first-order valence-corrected chi connectivity index (χ1v) is 6.30. The highest BCUT2D eigenvalue weighted by Gasteiger charge is 2.37. The van der Waals surface area contributed by atoms with Gasteiger partial charge in [-0.1, -0.05) is 0 Å². The van der Waals surface area contributed by atoms with Crippen LogP contribution in [0.2, 0.25) is 0 Å². The van der Waals surface area contributed by atoms with E-state index in [1.165, 1.54) is 0 Å². The van der Waals surface area contributed by atoms with E-state index in [1.54, 1.807) is 0 Å². The monoisotopic (exact) mass is 320 g/mol. The predicted molar refractivity (Wildman–Crippen MR) is 64.8 cm³/mol. The Kier molecular flexibility index (Phi) is 3.42. The molecule has 3 heterocycles. The van der Waals surface area contributed by atoms with Crippen molar-refractivity contribution in [3.63, 3.8) is 0 Å². The summed E-state index contributed by atoms with van der Waals surface area (Å²) >= 11 is 0. The van der Waals surface area contributed by atoms with Gasteiger partial charge in [-0.15, -0.1) is 0 Å². The third-order valence-corrected chi connectivity index (χ3v) is 3.37. The smallest absolute Gasteiger partial charge is 0.394 e. The number of rotatable bonds is 2. The molecule has 3 unspecified atom stereocenters. The fourth-order valence-corrected chi connectivity index (χ4v) is 2.29. The zero-order valence-corrected chi connectivity index (χ0v) is 10.9. The van der Waals surface area contributed by atoms with E-state index in [9.17, 15) is 23.1 Å². The molecule has 0 aromatic carbocycles. The molecule has 1 aliphatic rings. The van der Waals surface area contributed by atoms with E-state index in [2.05, 4.69) is 9.97 Å². The van der Waals surface area contributed by atoms with Gasteiger partial charge in [0.25, 0.3) is 0 Å². The van der Waals surface area contributed by atoms with Crippen molar-refractivity contribution in [3.8, 4) is 0 Å². The van der Waals surface area contributed by atoms with Gasteiger partial charge in [0, 0.05) is 12.6 Å². The molecule has 11 heteroatoms. The second-order valence-corrected chi connectivity index (χ2v) is 4.87. The van der Waals surface area contributed by atoms with Gasteiger partial charge in [-0.3, -0.25) is 4.57 Å². The lowest BCUT2D eigenvalue weighted by molar-refractivity contribution is -0.144. The van der Waals surface area contributed by atoms with Crippen LogP contribution in [0, 0.1) is 0 Å². The lowest BCUT2D eigenvalue weighted by Crippen LogP contribution is -2.27. The summed E-state index contributed by atoms with van der Waals surface area (Å²) in [5.41, 5.74) is -1.30. The highest BCUT2D eigenvalue weighted by molar-refractivity contribution is 5.69. The van der Waals surface area contributed by atoms with Crippen LogP contribution in [0.15, 0.2) is 11.0 Å². The van der Waals surface area contributed by atoms with Gasteiger partial charge >= 0.3 is 11.9 Å². The number of hydrogen-bond acceptors (Lipinski definition) is 6. The Morgan fingerprint density at radius 3 is 2.77 bits per heavy atom. The van der Waals surface area contributed by atoms with Crippen molar-refractivity contribution in [1.29, 1.82) is 0 Å². The van der Waals surface area contributed by atoms with Crippen LogP contribution >= 0.6 is 0 Å². The number of aliphatic hydroxyl groups excluding tert-OH is 2. The molecule has 1 saturated heterocycles. The molecule has 1 aliphatic heterocycles. The van der Waals surface area contributed by atoms with Crippen LogP contribution in [0.4, 0.5) is 13.2 Å². The number of nitrogens with zero attached hydrogens (tertiary/aromatic N) is 3. The van der Waals surface area contributed by atoms with Crippen molar-refractivity contribution >= 4 is 11.2 Å². The van der Waals surface area contributed by atoms with Gasteiger partial charge in [-0.05, 0) is 0 Å². The maximum Gasteiger partial charge on any atom is 0.449 e. The van der Waals surface area contributed by atoms with Crippen LogP contribution in [0.25, 0.3) is 11.2 Å². The minimum Gasteiger partial charge on any atom is -0.394 e. The van der Waals surface area contributed by atoms with Gasteiger partial charge < -0.3 is 19.9 Å². The molecule has 0 saturated carbocycles. The molecule has 0 aliphatic carbocycles. The first kappa shape index (κ1) is 14.9. The second-order valence-electron chi connectivity index (χ2n) is 4.87. The van der Waals surface area contributed by atoms with Gasteiger partial charge in [0.2, 0.25) is 5.82 Å². The van der Waals surface area contributed by atoms with Gasteiger partial charge in [0.15, 0.2) is 5.65 Å². The topological polar surface area (TPSA) is 113 Å². The van der Waals surface area contributed by atoms with E-state index in [0.29, 0.717) is 0 Å². The van der Waals surface area contributed by atoms with Crippen LogP contribution in [0.3, 0.4) is 0 Å². The van der Waals surface area contributed by atoms with E-state index in [-0.39, 0.29) is 17.6 Å². The largest absolute Gasteiger partial charge is 0.449 e. The van der Waals surface area contributed by atoms with Gasteiger partial charge in [-0.2, -0.15) is 18.2 Å². The molecule has 22 heavy (non-hydrogen) atoms. The van der Waals surface area contributed by atoms with Crippen LogP contribution in [-0.4, -0.2) is 48.5 Å². The van der Waals surface area contributed by atoms with Crippen molar-refractivity contribution in [2.75, 3.05) is 6.61 Å². The molecule has 3 N–H and O–H groups in total. The quantitative estimate of drug-likeness (QED) is 0.705. The Balaban J connectivity index is 2.01. The zero-order chi connectivity index (χ0) is 16.1. The fourth-order valence-electron chi connectivity index (χ4n) is 2.29. The predicted octanol–water partition coefficient (Wildman–Crippen LogP) is -0.221. The van der Waals surface area contributed by atoms with Crippen molar-refractivity contribution in [3.05, 3.63) is 22.5 Å². The normalized spacial score (nSPS) is 26.0. The minimum absolute atomic E-state index is 0.0125. The van der Waals surface area contributed by atoms with Gasteiger partial charge in [-0.25, -0.2) is 9.78 Å². The molecule has 3 rings (SSSR count). The Labute approximate surface area is 120 Å². The molecule has 1 fully saturated rings. The SMILES string of the molecule is O=c1nc2nc(C(F)(F)F)[nH]c2cn1C1CC(O)C(CO)O1. The van der Waals surface area contributed by atoms with E-state index in [1.807, 2.05) is 4.98 Å². The third kappa shape index (κ3) is 2.46. The number of aromatic amines is 1. The average Bonchev–Trinajstić information content (AvgIpc) is 3.00. The number of alkyl halides is 3. The van der Waals surface area contributed by atoms with Crippen molar-refractivity contribution in [2.45, 2.75) is 31.0 Å². The molecule has 0 radical (unpaired) electrons. The summed E-state index contributed by atoms with van der Waals surface area (Å²) in [6, 6.07) is 0. The number of nitrogens with one attached hydrogen (secondary N) is 1. The molecule has 2 aromatic rings. The fraction of sp³-hybridized carbons (Fsp3) is 0.545. The summed E-state index contributed by atoms with van der Waals surface area (Å²) in [5.74, 6) is -1.26. The number of H-pyrrole nitrogens is 1. The van der Waals surface area contributed by atoms with Crippen molar-refractivity contribution in [2.24, 2.45) is 0 Å². The number of aliphatic hydroxyl groups is 2. The number of aromatic nitrogens is 4. The molecule has 0 amide bonds. The lowest BCUT2D eigenvalue weighted by Gasteiger charge is -2.13. The minimum atomic E-state index is -4.68. The van der Waals surface area contributed by atoms with Gasteiger partial charge in [0.05, 0.1) is 12.7 Å². The van der Waals surface area contributed by atoms with Crippen LogP contribution < -0.4 is 5.69 Å². The summed E-state index contributed by atoms with van der Waals surface area (Å²) in [5, 5.41) is 18.7. The van der Waals surface area contributed by atoms with E-state index in [4.69, 9.17) is 9.84 Å². The number of halogens is 3. The standard InChI is InChI=1S/C11H11F3N4O4/c12-11(13,14)9-15-4-2-18(10(21)17-8(4)16-9)7-1-5(20)6(3-19)22-7/h2,5-7,19-20H,1,3H2,(H,15,16,17,21). The average molecular weight is 320 g/mol. The molecule has 8 nitrogen and oxygen atoms in total. The van der Waals surface area contributed by atoms with E-state index < -0.39 is 42.7 Å². The third-order valence-electron chi connectivity index (χ3n) is 3.37. The molecule has 0 spiro atoms. The van der Waals surface area contributed by atoms with Crippen molar-refractivity contribution in [1.82, 2.24) is 19.5 Å². The maximum absolute atomic E-state index is 12.6. The Bertz CT molecular complexity index is 756. The highest BCUT2D eigenvalue weighted by atomic mass is 19.4. The summed E-state index contributed by atoms with van der Waals surface area (Å²) in [7, 11) is 0. The second kappa shape index (κ2) is 5.04. The zero-order valence-electron chi connectivity index (χ0n) is 10.9. The Morgan fingerprint density at radius 1 is 1.45 bits per heavy atom. The first-order chi connectivity index (χ1) is 10.3. The number of ether oxygens (including phenoxy) is 1. The molecule has 0 bridgehead atoms. The Hall–Kier alpha value is -1.98. The summed E-state index contributed by atoms with van der Waals surface area (Å²) in [4.78, 5) is 20.6.